The van der Waals surface area contributed by atoms with E-state index in [2.05, 4.69) is 5.32 Å². The Hall–Kier alpha value is -1.13. The van der Waals surface area contributed by atoms with E-state index in [0.717, 1.165) is 43.9 Å². The first-order valence-electron chi connectivity index (χ1n) is 7.86. The van der Waals surface area contributed by atoms with E-state index in [0.29, 0.717) is 5.41 Å². The highest BCUT2D eigenvalue weighted by Crippen LogP contribution is 2.46. The van der Waals surface area contributed by atoms with Crippen molar-refractivity contribution >= 4 is 0 Å². The smallest absolute Gasteiger partial charge is 0.123 e. The molecular weight excluding hydrogens is 269 g/mol. The predicted molar refractivity (Wildman–Crippen MR) is 80.2 cm³/mol. The van der Waals surface area contributed by atoms with Crippen LogP contribution in [0.25, 0.3) is 0 Å². The molecule has 2 aliphatic rings. The van der Waals surface area contributed by atoms with E-state index in [-0.39, 0.29) is 11.9 Å². The van der Waals surface area contributed by atoms with Crippen LogP contribution in [0, 0.1) is 11.2 Å². The van der Waals surface area contributed by atoms with Crippen molar-refractivity contribution in [3.8, 4) is 5.75 Å². The maximum atomic E-state index is 13.3. The summed E-state index contributed by atoms with van der Waals surface area (Å²) < 4.78 is 24.3. The highest BCUT2D eigenvalue weighted by atomic mass is 19.1. The van der Waals surface area contributed by atoms with E-state index in [1.807, 2.05) is 0 Å². The highest BCUT2D eigenvalue weighted by molar-refractivity contribution is 5.38. The molecule has 4 heteroatoms. The third-order valence-corrected chi connectivity index (χ3v) is 4.82. The van der Waals surface area contributed by atoms with Crippen LogP contribution in [0.15, 0.2) is 18.2 Å². The zero-order valence-electron chi connectivity index (χ0n) is 12.7. The lowest BCUT2D eigenvalue weighted by molar-refractivity contribution is 0.0589. The topological polar surface area (TPSA) is 30.5 Å². The van der Waals surface area contributed by atoms with Crippen LogP contribution < -0.4 is 10.1 Å². The van der Waals surface area contributed by atoms with Gasteiger partial charge in [0.15, 0.2) is 0 Å². The molecule has 1 heterocycles. The summed E-state index contributed by atoms with van der Waals surface area (Å²) in [4.78, 5) is 0. The molecule has 0 spiro atoms. The number of ether oxygens (including phenoxy) is 2. The molecule has 116 valence electrons. The second-order valence-corrected chi connectivity index (χ2v) is 6.42. The van der Waals surface area contributed by atoms with Gasteiger partial charge in [-0.1, -0.05) is 6.42 Å². The fraction of sp³-hybridized carbons (Fsp3) is 0.647. The Kier molecular flexibility index (Phi) is 4.45. The van der Waals surface area contributed by atoms with Crippen LogP contribution in [0.4, 0.5) is 4.39 Å². The lowest BCUT2D eigenvalue weighted by Gasteiger charge is -2.43. The van der Waals surface area contributed by atoms with E-state index in [9.17, 15) is 4.39 Å². The van der Waals surface area contributed by atoms with Gasteiger partial charge in [0.1, 0.15) is 17.7 Å². The van der Waals surface area contributed by atoms with E-state index in [4.69, 9.17) is 9.47 Å². The van der Waals surface area contributed by atoms with Crippen LogP contribution in [-0.2, 0) is 11.2 Å². The summed E-state index contributed by atoms with van der Waals surface area (Å²) in [6.07, 6.45) is 5.93. The number of hydrogen-bond acceptors (Lipinski definition) is 3. The number of methoxy groups -OCH3 is 1. The van der Waals surface area contributed by atoms with Gasteiger partial charge in [-0.2, -0.15) is 0 Å². The standard InChI is InChI=1S/C17H24FNO2/c1-20-8-7-19-12-17(5-2-6-17)11-15-10-13-9-14(18)3-4-16(13)21-15/h3-4,9,15,19H,2,5-8,10-12H2,1H3. The predicted octanol–water partition coefficient (Wildman–Crippen LogP) is 2.93. The van der Waals surface area contributed by atoms with Crippen molar-refractivity contribution in [2.45, 2.75) is 38.2 Å². The lowest BCUT2D eigenvalue weighted by Crippen LogP contribution is -2.43. The van der Waals surface area contributed by atoms with Gasteiger partial charge in [0.2, 0.25) is 0 Å². The average Bonchev–Trinajstić information content (AvgIpc) is 2.81. The van der Waals surface area contributed by atoms with Gasteiger partial charge in [0, 0.05) is 32.2 Å². The number of halogens is 1. The fourth-order valence-corrected chi connectivity index (χ4v) is 3.54. The highest BCUT2D eigenvalue weighted by Gasteiger charge is 2.40. The van der Waals surface area contributed by atoms with Crippen LogP contribution in [-0.4, -0.2) is 32.9 Å². The summed E-state index contributed by atoms with van der Waals surface area (Å²) in [5.41, 5.74) is 1.38. The first-order chi connectivity index (χ1) is 10.2. The molecule has 21 heavy (non-hydrogen) atoms. The minimum Gasteiger partial charge on any atom is -0.490 e. The summed E-state index contributed by atoms with van der Waals surface area (Å²) in [7, 11) is 1.73. The van der Waals surface area contributed by atoms with Crippen molar-refractivity contribution in [3.63, 3.8) is 0 Å². The SMILES string of the molecule is COCCNCC1(CC2Cc3cc(F)ccc3O2)CCC1. The zero-order valence-corrected chi connectivity index (χ0v) is 12.7. The molecular formula is C17H24FNO2. The Balaban J connectivity index is 1.54. The number of fused-ring (bicyclic) bond motifs is 1. The van der Waals surface area contributed by atoms with Gasteiger partial charge in [-0.15, -0.1) is 0 Å². The van der Waals surface area contributed by atoms with Gasteiger partial charge in [-0.05, 0) is 42.9 Å². The lowest BCUT2D eigenvalue weighted by atomic mass is 9.65. The van der Waals surface area contributed by atoms with Gasteiger partial charge in [-0.3, -0.25) is 0 Å². The van der Waals surface area contributed by atoms with Crippen LogP contribution in [0.1, 0.15) is 31.2 Å². The summed E-state index contributed by atoms with van der Waals surface area (Å²) in [5.74, 6) is 0.695. The Labute approximate surface area is 125 Å². The van der Waals surface area contributed by atoms with Crippen LogP contribution >= 0.6 is 0 Å². The van der Waals surface area contributed by atoms with Gasteiger partial charge in [0.25, 0.3) is 0 Å². The number of nitrogens with one attached hydrogen (secondary N) is 1. The Morgan fingerprint density at radius 1 is 1.43 bits per heavy atom. The van der Waals surface area contributed by atoms with Crippen molar-refractivity contribution in [2.75, 3.05) is 26.8 Å². The second-order valence-electron chi connectivity index (χ2n) is 6.42. The molecule has 3 nitrogen and oxygen atoms in total. The molecule has 1 atom stereocenters. The van der Waals surface area contributed by atoms with Crippen molar-refractivity contribution in [1.29, 1.82) is 0 Å². The minimum atomic E-state index is -0.169. The normalized spacial score (nSPS) is 22.5. The molecule has 1 unspecified atom stereocenters. The summed E-state index contributed by atoms with van der Waals surface area (Å²) in [6.45, 7) is 2.68. The first-order valence-corrected chi connectivity index (χ1v) is 7.86. The van der Waals surface area contributed by atoms with Crippen molar-refractivity contribution < 1.29 is 13.9 Å². The number of benzene rings is 1. The number of rotatable bonds is 7. The monoisotopic (exact) mass is 293 g/mol. The Morgan fingerprint density at radius 3 is 3.00 bits per heavy atom. The summed E-state index contributed by atoms with van der Waals surface area (Å²) in [6, 6.07) is 4.85. The Morgan fingerprint density at radius 2 is 2.29 bits per heavy atom. The maximum absolute atomic E-state index is 13.3. The number of hydrogen-bond donors (Lipinski definition) is 1. The van der Waals surface area contributed by atoms with Crippen molar-refractivity contribution in [3.05, 3.63) is 29.6 Å². The maximum Gasteiger partial charge on any atom is 0.123 e. The third kappa shape index (κ3) is 3.38. The van der Waals surface area contributed by atoms with E-state index < -0.39 is 0 Å². The van der Waals surface area contributed by atoms with Crippen LogP contribution in [0.5, 0.6) is 5.75 Å². The molecule has 1 aliphatic heterocycles. The molecule has 1 aliphatic carbocycles. The summed E-state index contributed by atoms with van der Waals surface area (Å²) in [5, 5.41) is 3.49. The molecule has 1 aromatic rings. The molecule has 0 saturated heterocycles. The molecule has 0 aromatic heterocycles. The molecule has 1 fully saturated rings. The van der Waals surface area contributed by atoms with Gasteiger partial charge >= 0.3 is 0 Å². The summed E-state index contributed by atoms with van der Waals surface area (Å²) >= 11 is 0. The van der Waals surface area contributed by atoms with Gasteiger partial charge in [0.05, 0.1) is 6.61 Å². The fourth-order valence-electron chi connectivity index (χ4n) is 3.54. The molecule has 1 saturated carbocycles. The molecule has 1 aromatic carbocycles. The molecule has 1 N–H and O–H groups in total. The van der Waals surface area contributed by atoms with E-state index >= 15 is 0 Å². The first kappa shape index (κ1) is 14.8. The molecule has 0 radical (unpaired) electrons. The Bertz CT molecular complexity index is 488. The zero-order chi connectivity index (χ0) is 14.7. The quantitative estimate of drug-likeness (QED) is 0.784. The average molecular weight is 293 g/mol. The van der Waals surface area contributed by atoms with Crippen molar-refractivity contribution in [2.24, 2.45) is 5.41 Å². The molecule has 0 bridgehead atoms. The van der Waals surface area contributed by atoms with Crippen LogP contribution in [0.3, 0.4) is 0 Å². The second kappa shape index (κ2) is 6.32. The minimum absolute atomic E-state index is 0.169. The third-order valence-electron chi connectivity index (χ3n) is 4.82. The largest absolute Gasteiger partial charge is 0.490 e. The van der Waals surface area contributed by atoms with E-state index in [1.54, 1.807) is 19.2 Å². The van der Waals surface area contributed by atoms with Gasteiger partial charge < -0.3 is 14.8 Å². The van der Waals surface area contributed by atoms with Crippen LogP contribution in [0.2, 0.25) is 0 Å². The molecule has 0 amide bonds. The van der Waals surface area contributed by atoms with Gasteiger partial charge in [-0.25, -0.2) is 4.39 Å². The van der Waals surface area contributed by atoms with Crippen molar-refractivity contribution in [1.82, 2.24) is 5.32 Å². The van der Waals surface area contributed by atoms with E-state index in [1.165, 1.54) is 25.3 Å². The molecule has 3 rings (SSSR count).